The second-order valence-electron chi connectivity index (χ2n) is 15.7. The van der Waals surface area contributed by atoms with Gasteiger partial charge in [-0.25, -0.2) is 9.97 Å². The fraction of sp³-hybridized carbons (Fsp3) is 0.0345. The van der Waals surface area contributed by atoms with E-state index in [0.29, 0.717) is 5.82 Å². The first-order valence-electron chi connectivity index (χ1n) is 21.0. The van der Waals surface area contributed by atoms with E-state index in [-0.39, 0.29) is 0 Å². The van der Waals surface area contributed by atoms with Crippen molar-refractivity contribution >= 4 is 28.0 Å². The highest BCUT2D eigenvalue weighted by atomic mass is 15.1. The lowest BCUT2D eigenvalue weighted by molar-refractivity contribution is 1.14. The second-order valence-corrected chi connectivity index (χ2v) is 15.7. The third-order valence-corrected chi connectivity index (χ3v) is 12.0. The number of para-hydroxylation sites is 1. The van der Waals surface area contributed by atoms with E-state index in [2.05, 4.69) is 217 Å². The normalized spacial score (nSPS) is 11.8. The van der Waals surface area contributed by atoms with Crippen molar-refractivity contribution < 1.29 is 0 Å². The molecule has 0 amide bonds. The zero-order chi connectivity index (χ0) is 40.5. The Labute approximate surface area is 356 Å². The molecule has 3 heteroatoms. The van der Waals surface area contributed by atoms with E-state index >= 15 is 0 Å². The van der Waals surface area contributed by atoms with Gasteiger partial charge in [-0.15, -0.1) is 0 Å². The molecule has 0 saturated heterocycles. The summed E-state index contributed by atoms with van der Waals surface area (Å²) in [5.41, 5.74) is 19.9. The molecule has 11 rings (SSSR count). The fourth-order valence-electron chi connectivity index (χ4n) is 9.08. The van der Waals surface area contributed by atoms with Gasteiger partial charge in [0.1, 0.15) is 0 Å². The molecule has 288 valence electrons. The molecule has 0 unspecified atom stereocenters. The van der Waals surface area contributed by atoms with Crippen LogP contribution in [0, 0.1) is 0 Å². The standard InChI is InChI=1S/C58H41N3/c1-3-16-40(17-4-1)41-30-34-48(35-31-41)61(49-36-32-43(33-37-49)58-59-54-28-14-13-27-53(54)57(60-58)42-18-5-2-6-19-42)55-29-15-23-47-39-45-21-8-11-25-51(45)50-24-10-7-20-44(50)38-46-22-9-12-26-52(46)56(47)55/h1-37H,38-39H2. The summed E-state index contributed by atoms with van der Waals surface area (Å²) in [6.07, 6.45) is 1.62. The van der Waals surface area contributed by atoms with E-state index in [1.54, 1.807) is 0 Å². The predicted octanol–water partition coefficient (Wildman–Crippen LogP) is 14.9. The zero-order valence-corrected chi connectivity index (χ0v) is 33.6. The maximum Gasteiger partial charge on any atom is 0.160 e. The molecule has 1 aromatic heterocycles. The van der Waals surface area contributed by atoms with Crippen molar-refractivity contribution in [3.8, 4) is 56.0 Å². The summed E-state index contributed by atoms with van der Waals surface area (Å²) in [4.78, 5) is 12.7. The van der Waals surface area contributed by atoms with E-state index in [4.69, 9.17) is 9.97 Å². The molecular formula is C58H41N3. The number of hydrogen-bond acceptors (Lipinski definition) is 3. The van der Waals surface area contributed by atoms with Crippen LogP contribution in [0.4, 0.5) is 17.1 Å². The molecule has 0 bridgehead atoms. The van der Waals surface area contributed by atoms with Crippen molar-refractivity contribution in [2.75, 3.05) is 4.90 Å². The van der Waals surface area contributed by atoms with Crippen LogP contribution in [0.25, 0.3) is 66.9 Å². The van der Waals surface area contributed by atoms with Gasteiger partial charge in [-0.3, -0.25) is 0 Å². The molecule has 0 spiro atoms. The quantitative estimate of drug-likeness (QED) is 0.168. The highest BCUT2D eigenvalue weighted by molar-refractivity contribution is 5.95. The van der Waals surface area contributed by atoms with Crippen molar-refractivity contribution in [2.45, 2.75) is 12.8 Å². The average Bonchev–Trinajstić information content (AvgIpc) is 3.33. The number of fused-ring (bicyclic) bond motifs is 7. The lowest BCUT2D eigenvalue weighted by Gasteiger charge is -2.30. The fourth-order valence-corrected chi connectivity index (χ4v) is 9.08. The molecule has 1 aliphatic rings. The maximum absolute atomic E-state index is 5.20. The molecule has 1 aliphatic carbocycles. The molecule has 10 aromatic rings. The number of nitrogens with zero attached hydrogens (tertiary/aromatic N) is 3. The number of anilines is 3. The van der Waals surface area contributed by atoms with Crippen LogP contribution in [0.15, 0.2) is 224 Å². The Bertz CT molecular complexity index is 3170. The van der Waals surface area contributed by atoms with Gasteiger partial charge >= 0.3 is 0 Å². The van der Waals surface area contributed by atoms with Crippen molar-refractivity contribution in [1.82, 2.24) is 9.97 Å². The molecule has 9 aromatic carbocycles. The number of hydrogen-bond donors (Lipinski definition) is 0. The van der Waals surface area contributed by atoms with Crippen LogP contribution >= 0.6 is 0 Å². The van der Waals surface area contributed by atoms with Crippen LogP contribution in [0.2, 0.25) is 0 Å². The Balaban J connectivity index is 1.10. The first kappa shape index (κ1) is 36.2. The van der Waals surface area contributed by atoms with Crippen LogP contribution in [-0.4, -0.2) is 9.97 Å². The van der Waals surface area contributed by atoms with Crippen molar-refractivity contribution in [3.63, 3.8) is 0 Å². The van der Waals surface area contributed by atoms with Gasteiger partial charge < -0.3 is 4.90 Å². The minimum absolute atomic E-state index is 0.702. The summed E-state index contributed by atoms with van der Waals surface area (Å²) in [5, 5.41) is 1.04. The van der Waals surface area contributed by atoms with Crippen LogP contribution in [0.5, 0.6) is 0 Å². The SMILES string of the molecule is c1ccc(-c2ccc(N(c3ccc(-c4nc(-c5ccccc5)c5ccccc5n4)cc3)c3cccc4c3-c3ccccc3Cc3ccccc3-c3ccccc3C4)cc2)cc1. The second kappa shape index (κ2) is 15.7. The van der Waals surface area contributed by atoms with Gasteiger partial charge in [0.15, 0.2) is 5.82 Å². The van der Waals surface area contributed by atoms with E-state index in [0.717, 1.165) is 57.6 Å². The summed E-state index contributed by atoms with van der Waals surface area (Å²) >= 11 is 0. The molecule has 0 aliphatic heterocycles. The molecule has 0 fully saturated rings. The summed E-state index contributed by atoms with van der Waals surface area (Å²) in [6, 6.07) is 80.7. The maximum atomic E-state index is 5.20. The van der Waals surface area contributed by atoms with E-state index in [9.17, 15) is 0 Å². The largest absolute Gasteiger partial charge is 0.310 e. The minimum atomic E-state index is 0.702. The summed E-state index contributed by atoms with van der Waals surface area (Å²) in [7, 11) is 0. The van der Waals surface area contributed by atoms with Gasteiger partial charge in [0.05, 0.1) is 16.9 Å². The average molecular weight is 780 g/mol. The van der Waals surface area contributed by atoms with Crippen LogP contribution < -0.4 is 4.90 Å². The Morgan fingerprint density at radius 1 is 0.328 bits per heavy atom. The molecular weight excluding hydrogens is 739 g/mol. The molecule has 61 heavy (non-hydrogen) atoms. The number of rotatable bonds is 6. The highest BCUT2D eigenvalue weighted by Gasteiger charge is 2.24. The monoisotopic (exact) mass is 779 g/mol. The summed E-state index contributed by atoms with van der Waals surface area (Å²) < 4.78 is 0. The smallest absolute Gasteiger partial charge is 0.160 e. The molecule has 0 N–H and O–H groups in total. The first-order chi connectivity index (χ1) is 30.2. The van der Waals surface area contributed by atoms with Gasteiger partial charge in [0.2, 0.25) is 0 Å². The van der Waals surface area contributed by atoms with Gasteiger partial charge in [-0.1, -0.05) is 176 Å². The highest BCUT2D eigenvalue weighted by Crippen LogP contribution is 2.46. The lowest BCUT2D eigenvalue weighted by Crippen LogP contribution is -2.13. The van der Waals surface area contributed by atoms with E-state index in [1.807, 2.05) is 12.1 Å². The predicted molar refractivity (Wildman–Crippen MR) is 253 cm³/mol. The molecule has 1 heterocycles. The van der Waals surface area contributed by atoms with Crippen LogP contribution in [0.3, 0.4) is 0 Å². The van der Waals surface area contributed by atoms with Gasteiger partial charge in [-0.2, -0.15) is 0 Å². The minimum Gasteiger partial charge on any atom is -0.310 e. The topological polar surface area (TPSA) is 29.0 Å². The van der Waals surface area contributed by atoms with Crippen molar-refractivity contribution in [1.29, 1.82) is 0 Å². The van der Waals surface area contributed by atoms with Crippen LogP contribution in [-0.2, 0) is 12.8 Å². The van der Waals surface area contributed by atoms with Crippen molar-refractivity contribution in [3.05, 3.63) is 247 Å². The third kappa shape index (κ3) is 6.86. The molecule has 0 saturated carbocycles. The summed E-state index contributed by atoms with van der Waals surface area (Å²) in [6.45, 7) is 0. The number of benzene rings is 9. The first-order valence-corrected chi connectivity index (χ1v) is 21.0. The third-order valence-electron chi connectivity index (χ3n) is 12.0. The number of aromatic nitrogens is 2. The Kier molecular flexibility index (Phi) is 9.33. The van der Waals surface area contributed by atoms with Gasteiger partial charge in [-0.05, 0) is 111 Å². The zero-order valence-electron chi connectivity index (χ0n) is 33.6. The Morgan fingerprint density at radius 3 is 1.46 bits per heavy atom. The van der Waals surface area contributed by atoms with E-state index in [1.165, 1.54) is 55.6 Å². The lowest BCUT2D eigenvalue weighted by atomic mass is 9.83. The molecule has 0 radical (unpaired) electrons. The van der Waals surface area contributed by atoms with E-state index < -0.39 is 0 Å². The Hall–Kier alpha value is -7.88. The Morgan fingerprint density at radius 2 is 0.803 bits per heavy atom. The molecule has 0 atom stereocenters. The van der Waals surface area contributed by atoms with Gasteiger partial charge in [0.25, 0.3) is 0 Å². The van der Waals surface area contributed by atoms with Crippen LogP contribution in [0.1, 0.15) is 22.3 Å². The summed E-state index contributed by atoms with van der Waals surface area (Å²) in [5.74, 6) is 0.702. The van der Waals surface area contributed by atoms with Crippen molar-refractivity contribution in [2.24, 2.45) is 0 Å². The van der Waals surface area contributed by atoms with Gasteiger partial charge in [0, 0.05) is 33.5 Å². The molecule has 3 nitrogen and oxygen atoms in total.